The van der Waals surface area contributed by atoms with E-state index < -0.39 is 37.3 Å². The zero-order valence-electron chi connectivity index (χ0n) is 10.9. The average Bonchev–Trinajstić information content (AvgIpc) is 2.32. The molecule has 1 unspecified atom stereocenters. The number of amides is 2. The van der Waals surface area contributed by atoms with Crippen molar-refractivity contribution in [1.82, 2.24) is 10.6 Å². The molecule has 0 spiro atoms. The van der Waals surface area contributed by atoms with Gasteiger partial charge in [-0.3, -0.25) is 9.59 Å². The first-order chi connectivity index (χ1) is 8.31. The van der Waals surface area contributed by atoms with Crippen LogP contribution in [-0.4, -0.2) is 58.5 Å². The Hall–Kier alpha value is -1.18. The Bertz CT molecular complexity index is 281. The summed E-state index contributed by atoms with van der Waals surface area (Å²) in [6, 6.07) is -0.786. The first kappa shape index (κ1) is 16.8. The van der Waals surface area contributed by atoms with Crippen molar-refractivity contribution in [3.8, 4) is 0 Å². The van der Waals surface area contributed by atoms with Crippen molar-refractivity contribution >= 4 is 11.8 Å². The Morgan fingerprint density at radius 3 is 1.83 bits per heavy atom. The molecule has 0 aliphatic rings. The van der Waals surface area contributed by atoms with Crippen LogP contribution >= 0.6 is 0 Å². The molecule has 0 aromatic carbocycles. The number of carbonyl (C=O) groups is 2. The van der Waals surface area contributed by atoms with Crippen LogP contribution in [-0.2, 0) is 9.59 Å². The molecule has 0 rings (SSSR count). The summed E-state index contributed by atoms with van der Waals surface area (Å²) in [4.78, 5) is 23.0. The molecule has 0 aliphatic carbocycles. The zero-order chi connectivity index (χ0) is 14.3. The number of aliphatic hydroxyl groups is 3. The molecule has 0 aromatic rings. The first-order valence-electron chi connectivity index (χ1n) is 5.73. The Labute approximate surface area is 106 Å². The van der Waals surface area contributed by atoms with E-state index in [2.05, 4.69) is 10.6 Å². The molecular weight excluding hydrogens is 240 g/mol. The molecule has 0 saturated heterocycles. The van der Waals surface area contributed by atoms with Crippen molar-refractivity contribution in [2.24, 2.45) is 5.92 Å². The number of nitrogens with one attached hydrogen (secondary N) is 2. The van der Waals surface area contributed by atoms with Crippen LogP contribution in [0.25, 0.3) is 0 Å². The number of hydrogen-bond acceptors (Lipinski definition) is 5. The lowest BCUT2D eigenvalue weighted by Gasteiger charge is -2.31. The lowest BCUT2D eigenvalue weighted by Crippen LogP contribution is -2.62. The van der Waals surface area contributed by atoms with E-state index in [-0.39, 0.29) is 11.8 Å². The smallest absolute Gasteiger partial charge is 0.243 e. The van der Waals surface area contributed by atoms with E-state index >= 15 is 0 Å². The fourth-order valence-electron chi connectivity index (χ4n) is 1.36. The molecule has 2 amide bonds. The van der Waals surface area contributed by atoms with E-state index in [1.165, 1.54) is 6.92 Å². The fourth-order valence-corrected chi connectivity index (χ4v) is 1.36. The van der Waals surface area contributed by atoms with Gasteiger partial charge in [0.05, 0.1) is 19.8 Å². The normalized spacial score (nSPS) is 13.3. The molecule has 0 bridgehead atoms. The second kappa shape index (κ2) is 7.30. The molecule has 0 radical (unpaired) electrons. The Kier molecular flexibility index (Phi) is 6.82. The average molecular weight is 262 g/mol. The zero-order valence-corrected chi connectivity index (χ0v) is 10.9. The largest absolute Gasteiger partial charge is 0.394 e. The summed E-state index contributed by atoms with van der Waals surface area (Å²) in [6.45, 7) is 2.99. The molecule has 106 valence electrons. The number of hydrogen-bond donors (Lipinski definition) is 5. The summed E-state index contributed by atoms with van der Waals surface area (Å²) in [5, 5.41) is 32.2. The molecule has 7 heteroatoms. The number of aliphatic hydroxyl groups excluding tert-OH is 3. The quantitative estimate of drug-likeness (QED) is 0.363. The third-order valence-corrected chi connectivity index (χ3v) is 2.60. The highest BCUT2D eigenvalue weighted by molar-refractivity contribution is 5.87. The van der Waals surface area contributed by atoms with Crippen molar-refractivity contribution in [1.29, 1.82) is 0 Å². The van der Waals surface area contributed by atoms with Crippen LogP contribution in [0, 0.1) is 5.92 Å². The van der Waals surface area contributed by atoms with Crippen molar-refractivity contribution in [2.75, 3.05) is 19.8 Å². The Balaban J connectivity index is 4.83. The highest BCUT2D eigenvalue weighted by Gasteiger charge is 2.33. The van der Waals surface area contributed by atoms with E-state index in [1.54, 1.807) is 13.8 Å². The number of carbonyl (C=O) groups excluding carboxylic acids is 2. The maximum atomic E-state index is 12.0. The Morgan fingerprint density at radius 1 is 1.11 bits per heavy atom. The summed E-state index contributed by atoms with van der Waals surface area (Å²) < 4.78 is 0. The molecular formula is C11H22N2O5. The lowest BCUT2D eigenvalue weighted by molar-refractivity contribution is -0.132. The molecule has 5 N–H and O–H groups in total. The van der Waals surface area contributed by atoms with Gasteiger partial charge < -0.3 is 26.0 Å². The highest BCUT2D eigenvalue weighted by Crippen LogP contribution is 2.07. The van der Waals surface area contributed by atoms with Crippen molar-refractivity contribution in [3.63, 3.8) is 0 Å². The molecule has 1 atom stereocenters. The van der Waals surface area contributed by atoms with Gasteiger partial charge in [0.15, 0.2) is 0 Å². The van der Waals surface area contributed by atoms with Crippen LogP contribution in [0.3, 0.4) is 0 Å². The van der Waals surface area contributed by atoms with Crippen LogP contribution in [0.4, 0.5) is 0 Å². The molecule has 0 fully saturated rings. The van der Waals surface area contributed by atoms with E-state index in [0.29, 0.717) is 0 Å². The number of rotatable bonds is 7. The molecule has 7 nitrogen and oxygen atoms in total. The van der Waals surface area contributed by atoms with Gasteiger partial charge in [0.2, 0.25) is 11.8 Å². The van der Waals surface area contributed by atoms with Crippen LogP contribution < -0.4 is 10.6 Å². The first-order valence-corrected chi connectivity index (χ1v) is 5.73. The van der Waals surface area contributed by atoms with E-state index in [1.807, 2.05) is 0 Å². The van der Waals surface area contributed by atoms with E-state index in [4.69, 9.17) is 15.3 Å². The van der Waals surface area contributed by atoms with Crippen molar-refractivity contribution in [3.05, 3.63) is 0 Å². The molecule has 0 heterocycles. The summed E-state index contributed by atoms with van der Waals surface area (Å²) in [5.74, 6) is -1.08. The van der Waals surface area contributed by atoms with Gasteiger partial charge in [0.25, 0.3) is 0 Å². The van der Waals surface area contributed by atoms with Gasteiger partial charge in [-0.05, 0) is 5.92 Å². The van der Waals surface area contributed by atoms with Gasteiger partial charge in [-0.25, -0.2) is 0 Å². The fraction of sp³-hybridized carbons (Fsp3) is 0.818. The summed E-state index contributed by atoms with van der Waals surface area (Å²) in [7, 11) is 0. The SMILES string of the molecule is CC(=O)NC(C(=O)NC(CO)(CO)CO)C(C)C. The lowest BCUT2D eigenvalue weighted by atomic mass is 9.99. The monoisotopic (exact) mass is 262 g/mol. The standard InChI is InChI=1S/C11H22N2O5/c1-7(2)9(12-8(3)17)10(18)13-11(4-14,5-15)6-16/h7,9,14-16H,4-6H2,1-3H3,(H,12,17)(H,13,18). The van der Waals surface area contributed by atoms with Crippen LogP contribution in [0.2, 0.25) is 0 Å². The van der Waals surface area contributed by atoms with E-state index in [9.17, 15) is 9.59 Å². The second-order valence-corrected chi connectivity index (χ2v) is 4.67. The van der Waals surface area contributed by atoms with Gasteiger partial charge in [0.1, 0.15) is 11.6 Å². The third kappa shape index (κ3) is 4.59. The third-order valence-electron chi connectivity index (χ3n) is 2.60. The molecule has 0 aliphatic heterocycles. The van der Waals surface area contributed by atoms with Gasteiger partial charge >= 0.3 is 0 Å². The second-order valence-electron chi connectivity index (χ2n) is 4.67. The maximum Gasteiger partial charge on any atom is 0.243 e. The van der Waals surface area contributed by atoms with Gasteiger partial charge in [0, 0.05) is 6.92 Å². The molecule has 0 aromatic heterocycles. The van der Waals surface area contributed by atoms with Gasteiger partial charge in [-0.15, -0.1) is 0 Å². The van der Waals surface area contributed by atoms with E-state index in [0.717, 1.165) is 0 Å². The predicted molar refractivity (Wildman–Crippen MR) is 64.6 cm³/mol. The van der Waals surface area contributed by atoms with Gasteiger partial charge in [-0.2, -0.15) is 0 Å². The van der Waals surface area contributed by atoms with Crippen molar-refractivity contribution < 1.29 is 24.9 Å². The molecule has 0 saturated carbocycles. The summed E-state index contributed by atoms with van der Waals surface area (Å²) >= 11 is 0. The minimum Gasteiger partial charge on any atom is -0.394 e. The van der Waals surface area contributed by atoms with Gasteiger partial charge in [-0.1, -0.05) is 13.8 Å². The van der Waals surface area contributed by atoms with Crippen LogP contribution in [0.15, 0.2) is 0 Å². The topological polar surface area (TPSA) is 119 Å². The summed E-state index contributed by atoms with van der Waals surface area (Å²) in [6.07, 6.45) is 0. The summed E-state index contributed by atoms with van der Waals surface area (Å²) in [5.41, 5.74) is -1.48. The van der Waals surface area contributed by atoms with Crippen LogP contribution in [0.1, 0.15) is 20.8 Å². The minimum atomic E-state index is -1.48. The predicted octanol–water partition coefficient (Wildman–Crippen LogP) is -2.02. The van der Waals surface area contributed by atoms with Crippen molar-refractivity contribution in [2.45, 2.75) is 32.4 Å². The highest BCUT2D eigenvalue weighted by atomic mass is 16.3. The minimum absolute atomic E-state index is 0.164. The Morgan fingerprint density at radius 2 is 1.56 bits per heavy atom. The van der Waals surface area contributed by atoms with Crippen LogP contribution in [0.5, 0.6) is 0 Å². The molecule has 18 heavy (non-hydrogen) atoms. The maximum absolute atomic E-state index is 12.0.